The van der Waals surface area contributed by atoms with E-state index in [-0.39, 0.29) is 17.0 Å². The number of rotatable bonds is 4. The standard InChI is InChI=1S/C15H22N2O3/c1-9(2)12(14(19)20)17-13(18)11-7-6-10(8-16-11)15(3,4)5/h6-9,12H,1-5H3,(H,17,18)(H,19,20)/t12-/m0/s1. The summed E-state index contributed by atoms with van der Waals surface area (Å²) in [5.41, 5.74) is 1.21. The van der Waals surface area contributed by atoms with Crippen molar-refractivity contribution in [2.24, 2.45) is 5.92 Å². The third-order valence-electron chi connectivity index (χ3n) is 3.08. The smallest absolute Gasteiger partial charge is 0.326 e. The molecule has 1 atom stereocenters. The summed E-state index contributed by atoms with van der Waals surface area (Å²) < 4.78 is 0. The second kappa shape index (κ2) is 6.03. The van der Waals surface area contributed by atoms with Gasteiger partial charge in [-0.1, -0.05) is 40.7 Å². The minimum atomic E-state index is -1.04. The Hall–Kier alpha value is -1.91. The minimum Gasteiger partial charge on any atom is -0.480 e. The maximum Gasteiger partial charge on any atom is 0.326 e. The summed E-state index contributed by atoms with van der Waals surface area (Å²) in [5, 5.41) is 11.5. The van der Waals surface area contributed by atoms with E-state index < -0.39 is 17.9 Å². The zero-order valence-electron chi connectivity index (χ0n) is 12.6. The maximum atomic E-state index is 12.0. The van der Waals surface area contributed by atoms with Crippen molar-refractivity contribution in [3.05, 3.63) is 29.6 Å². The molecule has 0 unspecified atom stereocenters. The molecule has 0 fully saturated rings. The lowest BCUT2D eigenvalue weighted by atomic mass is 9.88. The average molecular weight is 278 g/mol. The molecule has 110 valence electrons. The highest BCUT2D eigenvalue weighted by molar-refractivity contribution is 5.95. The van der Waals surface area contributed by atoms with Gasteiger partial charge < -0.3 is 10.4 Å². The molecule has 0 saturated carbocycles. The van der Waals surface area contributed by atoms with Crippen LogP contribution in [0.25, 0.3) is 0 Å². The summed E-state index contributed by atoms with van der Waals surface area (Å²) in [5.74, 6) is -1.70. The Labute approximate surface area is 119 Å². The van der Waals surface area contributed by atoms with Gasteiger partial charge in [-0.05, 0) is 23.0 Å². The predicted octanol–water partition coefficient (Wildman–Crippen LogP) is 2.22. The van der Waals surface area contributed by atoms with Crippen LogP contribution in [0.2, 0.25) is 0 Å². The lowest BCUT2D eigenvalue weighted by Gasteiger charge is -2.19. The average Bonchev–Trinajstić information content (AvgIpc) is 2.34. The lowest BCUT2D eigenvalue weighted by molar-refractivity contribution is -0.140. The highest BCUT2D eigenvalue weighted by Gasteiger charge is 2.24. The quantitative estimate of drug-likeness (QED) is 0.885. The van der Waals surface area contributed by atoms with Crippen LogP contribution in [0.1, 0.15) is 50.7 Å². The zero-order chi connectivity index (χ0) is 15.5. The third-order valence-corrected chi connectivity index (χ3v) is 3.08. The fraction of sp³-hybridized carbons (Fsp3) is 0.533. The van der Waals surface area contributed by atoms with Crippen LogP contribution in [0, 0.1) is 5.92 Å². The van der Waals surface area contributed by atoms with Crippen LogP contribution in [0.4, 0.5) is 0 Å². The number of nitrogens with one attached hydrogen (secondary N) is 1. The normalized spacial score (nSPS) is 13.1. The number of carbonyl (C=O) groups excluding carboxylic acids is 1. The molecule has 1 aromatic heterocycles. The van der Waals surface area contributed by atoms with Gasteiger partial charge in [0.05, 0.1) is 0 Å². The molecule has 0 aliphatic heterocycles. The molecule has 20 heavy (non-hydrogen) atoms. The number of hydrogen-bond donors (Lipinski definition) is 2. The molecule has 5 nitrogen and oxygen atoms in total. The molecule has 0 bridgehead atoms. The topological polar surface area (TPSA) is 79.3 Å². The molecular weight excluding hydrogens is 256 g/mol. The van der Waals surface area contributed by atoms with Crippen LogP contribution >= 0.6 is 0 Å². The molecular formula is C15H22N2O3. The van der Waals surface area contributed by atoms with Crippen molar-refractivity contribution in [2.75, 3.05) is 0 Å². The van der Waals surface area contributed by atoms with Crippen LogP contribution < -0.4 is 5.32 Å². The van der Waals surface area contributed by atoms with Gasteiger partial charge in [-0.15, -0.1) is 0 Å². The van der Waals surface area contributed by atoms with Crippen molar-refractivity contribution in [1.82, 2.24) is 10.3 Å². The highest BCUT2D eigenvalue weighted by atomic mass is 16.4. The second-order valence-corrected chi connectivity index (χ2v) is 6.22. The number of nitrogens with zero attached hydrogens (tertiary/aromatic N) is 1. The lowest BCUT2D eigenvalue weighted by Crippen LogP contribution is -2.44. The van der Waals surface area contributed by atoms with Gasteiger partial charge in [-0.3, -0.25) is 9.78 Å². The first-order valence-electron chi connectivity index (χ1n) is 6.63. The van der Waals surface area contributed by atoms with Gasteiger partial charge in [-0.2, -0.15) is 0 Å². The van der Waals surface area contributed by atoms with E-state index >= 15 is 0 Å². The molecule has 0 aliphatic carbocycles. The van der Waals surface area contributed by atoms with Gasteiger partial charge in [0.2, 0.25) is 0 Å². The summed E-state index contributed by atoms with van der Waals surface area (Å²) in [7, 11) is 0. The third kappa shape index (κ3) is 4.05. The number of hydrogen-bond acceptors (Lipinski definition) is 3. The second-order valence-electron chi connectivity index (χ2n) is 6.22. The number of carbonyl (C=O) groups is 2. The first-order chi connectivity index (χ1) is 9.12. The summed E-state index contributed by atoms with van der Waals surface area (Å²) in [6.45, 7) is 9.67. The minimum absolute atomic E-state index is 0.0382. The molecule has 0 saturated heterocycles. The van der Waals surface area contributed by atoms with E-state index in [1.54, 1.807) is 26.1 Å². The first kappa shape index (κ1) is 16.1. The van der Waals surface area contributed by atoms with Gasteiger partial charge in [0.1, 0.15) is 11.7 Å². The van der Waals surface area contributed by atoms with E-state index in [1.807, 2.05) is 6.07 Å². The van der Waals surface area contributed by atoms with Crippen LogP contribution in [0.3, 0.4) is 0 Å². The SMILES string of the molecule is CC(C)[C@H](NC(=O)c1ccc(C(C)(C)C)cn1)C(=O)O. The van der Waals surface area contributed by atoms with Crippen molar-refractivity contribution in [1.29, 1.82) is 0 Å². The van der Waals surface area contributed by atoms with Crippen molar-refractivity contribution < 1.29 is 14.7 Å². The van der Waals surface area contributed by atoms with Crippen LogP contribution in [0.15, 0.2) is 18.3 Å². The molecule has 0 aromatic carbocycles. The number of pyridine rings is 1. The number of amides is 1. The molecule has 1 rings (SSSR count). The molecule has 1 heterocycles. The summed E-state index contributed by atoms with van der Waals surface area (Å²) in [6, 6.07) is 2.55. The first-order valence-corrected chi connectivity index (χ1v) is 6.63. The van der Waals surface area contributed by atoms with E-state index in [2.05, 4.69) is 31.1 Å². The molecule has 2 N–H and O–H groups in total. The van der Waals surface area contributed by atoms with Crippen molar-refractivity contribution in [2.45, 2.75) is 46.1 Å². The fourth-order valence-corrected chi connectivity index (χ4v) is 1.70. The van der Waals surface area contributed by atoms with E-state index in [9.17, 15) is 9.59 Å². The monoisotopic (exact) mass is 278 g/mol. The molecule has 1 amide bonds. The predicted molar refractivity (Wildman–Crippen MR) is 76.7 cm³/mol. The summed E-state index contributed by atoms with van der Waals surface area (Å²) in [6.07, 6.45) is 1.65. The van der Waals surface area contributed by atoms with E-state index in [0.717, 1.165) is 5.56 Å². The van der Waals surface area contributed by atoms with E-state index in [4.69, 9.17) is 5.11 Å². The number of carboxylic acid groups (broad SMARTS) is 1. The van der Waals surface area contributed by atoms with Gasteiger partial charge in [0.25, 0.3) is 5.91 Å². The zero-order valence-corrected chi connectivity index (χ0v) is 12.6. The van der Waals surface area contributed by atoms with Gasteiger partial charge in [0, 0.05) is 6.20 Å². The van der Waals surface area contributed by atoms with Crippen LogP contribution in [-0.4, -0.2) is 28.0 Å². The van der Waals surface area contributed by atoms with Crippen molar-refractivity contribution in [3.8, 4) is 0 Å². The maximum absolute atomic E-state index is 12.0. The highest BCUT2D eigenvalue weighted by Crippen LogP contribution is 2.21. The van der Waals surface area contributed by atoms with E-state index in [0.29, 0.717) is 0 Å². The molecule has 0 aliphatic rings. The van der Waals surface area contributed by atoms with Crippen molar-refractivity contribution in [3.63, 3.8) is 0 Å². The Morgan fingerprint density at radius 2 is 1.85 bits per heavy atom. The van der Waals surface area contributed by atoms with Crippen LogP contribution in [-0.2, 0) is 10.2 Å². The molecule has 5 heteroatoms. The van der Waals surface area contributed by atoms with Gasteiger partial charge >= 0.3 is 5.97 Å². The largest absolute Gasteiger partial charge is 0.480 e. The Bertz CT molecular complexity index is 487. The van der Waals surface area contributed by atoms with E-state index in [1.165, 1.54) is 0 Å². The summed E-state index contributed by atoms with van der Waals surface area (Å²) >= 11 is 0. The fourth-order valence-electron chi connectivity index (χ4n) is 1.70. The molecule has 0 spiro atoms. The Balaban J connectivity index is 2.85. The van der Waals surface area contributed by atoms with Crippen molar-refractivity contribution >= 4 is 11.9 Å². The van der Waals surface area contributed by atoms with Gasteiger partial charge in [0.15, 0.2) is 0 Å². The number of aliphatic carboxylic acids is 1. The van der Waals surface area contributed by atoms with Gasteiger partial charge in [-0.25, -0.2) is 4.79 Å². The Kier molecular flexibility index (Phi) is 4.87. The Morgan fingerprint density at radius 1 is 1.25 bits per heavy atom. The molecule has 0 radical (unpaired) electrons. The Morgan fingerprint density at radius 3 is 2.20 bits per heavy atom. The summed E-state index contributed by atoms with van der Waals surface area (Å²) in [4.78, 5) is 27.2. The van der Waals surface area contributed by atoms with Crippen LogP contribution in [0.5, 0.6) is 0 Å². The number of carboxylic acids is 1. The molecule has 1 aromatic rings. The number of aromatic nitrogens is 1.